The molecule has 0 radical (unpaired) electrons. The van der Waals surface area contributed by atoms with Crippen LogP contribution in [0.15, 0.2) is 35.1 Å². The Morgan fingerprint density at radius 2 is 2.10 bits per heavy atom. The van der Waals surface area contributed by atoms with Gasteiger partial charge in [0.25, 0.3) is 5.91 Å². The molecule has 152 valence electrons. The van der Waals surface area contributed by atoms with Crippen LogP contribution in [0.5, 0.6) is 0 Å². The van der Waals surface area contributed by atoms with Crippen molar-refractivity contribution in [1.82, 2.24) is 30.3 Å². The number of aromatic nitrogens is 4. The number of H-pyrrole nitrogens is 1. The molecule has 0 spiro atoms. The second-order valence-corrected chi connectivity index (χ2v) is 6.88. The minimum Gasteiger partial charge on any atom is -0.368 e. The van der Waals surface area contributed by atoms with E-state index in [1.54, 1.807) is 25.5 Å². The number of hydrogen-bond donors (Lipinski definition) is 3. The third-order valence-electron chi connectivity index (χ3n) is 4.91. The van der Waals surface area contributed by atoms with Crippen molar-refractivity contribution < 1.29 is 9.32 Å². The van der Waals surface area contributed by atoms with E-state index in [2.05, 4.69) is 40.5 Å². The van der Waals surface area contributed by atoms with Crippen LogP contribution < -0.4 is 15.5 Å². The smallest absolute Gasteiger partial charge is 0.269 e. The van der Waals surface area contributed by atoms with Crippen LogP contribution in [0, 0.1) is 6.92 Å². The summed E-state index contributed by atoms with van der Waals surface area (Å²) < 4.78 is 5.44. The summed E-state index contributed by atoms with van der Waals surface area (Å²) in [6.07, 6.45) is 3.41. The zero-order chi connectivity index (χ0) is 20.2. The maximum atomic E-state index is 11.7. The minimum absolute atomic E-state index is 0.169. The fraction of sp³-hybridized carbons (Fsp3) is 0.368. The number of rotatable bonds is 6. The molecule has 3 N–H and O–H groups in total. The number of piperazine rings is 1. The summed E-state index contributed by atoms with van der Waals surface area (Å²) in [5.41, 5.74) is 2.38. The lowest BCUT2D eigenvalue weighted by Crippen LogP contribution is -2.46. The summed E-state index contributed by atoms with van der Waals surface area (Å²) in [4.78, 5) is 27.9. The number of imidazole rings is 1. The van der Waals surface area contributed by atoms with Crippen LogP contribution in [0.1, 0.15) is 21.9 Å². The van der Waals surface area contributed by atoms with Crippen LogP contribution >= 0.6 is 0 Å². The molecule has 3 aromatic heterocycles. The van der Waals surface area contributed by atoms with Crippen molar-refractivity contribution in [3.05, 3.63) is 47.7 Å². The number of aromatic amines is 1. The van der Waals surface area contributed by atoms with Gasteiger partial charge in [-0.05, 0) is 19.1 Å². The topological polar surface area (TPSA) is 115 Å². The first-order chi connectivity index (χ1) is 14.1. The molecule has 10 heteroatoms. The van der Waals surface area contributed by atoms with Gasteiger partial charge in [-0.1, -0.05) is 5.16 Å². The average Bonchev–Trinajstić information content (AvgIpc) is 3.40. The molecular formula is C19H24N8O2. The Labute approximate surface area is 168 Å². The molecule has 0 atom stereocenters. The molecule has 4 heterocycles. The van der Waals surface area contributed by atoms with E-state index in [-0.39, 0.29) is 5.91 Å². The molecule has 1 aliphatic heterocycles. The van der Waals surface area contributed by atoms with Gasteiger partial charge in [-0.2, -0.15) is 0 Å². The zero-order valence-corrected chi connectivity index (χ0v) is 16.5. The normalized spacial score (nSPS) is 14.8. The van der Waals surface area contributed by atoms with E-state index in [0.717, 1.165) is 43.3 Å². The molecule has 0 saturated carbocycles. The quantitative estimate of drug-likeness (QED) is 0.575. The standard InChI is InChI=1S/C19H24N8O2/c1-13-16(4-3-15(23-13)18(28)20-2)27-9-7-26(8-10-27)12-14-11-17(25-29-14)24-19-21-5-6-22-19/h3-6,11H,7-10,12H2,1-2H3,(H,20,28)(H2,21,22,24,25). The number of hydrogen-bond acceptors (Lipinski definition) is 8. The highest BCUT2D eigenvalue weighted by Gasteiger charge is 2.21. The maximum absolute atomic E-state index is 11.7. The summed E-state index contributed by atoms with van der Waals surface area (Å²) in [5.74, 6) is 1.90. The number of pyridine rings is 1. The number of nitrogens with zero attached hydrogens (tertiary/aromatic N) is 5. The lowest BCUT2D eigenvalue weighted by Gasteiger charge is -2.36. The van der Waals surface area contributed by atoms with Crippen LogP contribution in [-0.4, -0.2) is 64.1 Å². The predicted octanol–water partition coefficient (Wildman–Crippen LogP) is 1.53. The number of anilines is 3. The SMILES string of the molecule is CNC(=O)c1ccc(N2CCN(Cc3cc(Nc4ncc[nH]4)no3)CC2)c(C)n1. The maximum Gasteiger partial charge on any atom is 0.269 e. The van der Waals surface area contributed by atoms with Crippen molar-refractivity contribution in [3.8, 4) is 0 Å². The van der Waals surface area contributed by atoms with E-state index >= 15 is 0 Å². The van der Waals surface area contributed by atoms with Crippen LogP contribution in [0.2, 0.25) is 0 Å². The lowest BCUT2D eigenvalue weighted by atomic mass is 10.2. The number of carbonyl (C=O) groups is 1. The van der Waals surface area contributed by atoms with Crippen molar-refractivity contribution in [1.29, 1.82) is 0 Å². The third-order valence-corrected chi connectivity index (χ3v) is 4.91. The van der Waals surface area contributed by atoms with Gasteiger partial charge >= 0.3 is 0 Å². The summed E-state index contributed by atoms with van der Waals surface area (Å²) in [6.45, 7) is 6.21. The Morgan fingerprint density at radius 1 is 1.28 bits per heavy atom. The van der Waals surface area contributed by atoms with Gasteiger partial charge in [-0.25, -0.2) is 9.97 Å². The minimum atomic E-state index is -0.169. The zero-order valence-electron chi connectivity index (χ0n) is 16.5. The van der Waals surface area contributed by atoms with Crippen LogP contribution in [0.3, 0.4) is 0 Å². The molecule has 1 amide bonds. The molecular weight excluding hydrogens is 372 g/mol. The molecule has 29 heavy (non-hydrogen) atoms. The van der Waals surface area contributed by atoms with Crippen molar-refractivity contribution >= 4 is 23.4 Å². The molecule has 1 fully saturated rings. The van der Waals surface area contributed by atoms with Gasteiger partial charge in [0.05, 0.1) is 17.9 Å². The van der Waals surface area contributed by atoms with Crippen molar-refractivity contribution in [2.24, 2.45) is 0 Å². The number of aryl methyl sites for hydroxylation is 1. The highest BCUT2D eigenvalue weighted by Crippen LogP contribution is 2.22. The Kier molecular flexibility index (Phi) is 5.43. The molecule has 0 unspecified atom stereocenters. The largest absolute Gasteiger partial charge is 0.368 e. The lowest BCUT2D eigenvalue weighted by molar-refractivity contribution is 0.0958. The van der Waals surface area contributed by atoms with Crippen molar-refractivity contribution in [3.63, 3.8) is 0 Å². The third kappa shape index (κ3) is 4.37. The van der Waals surface area contributed by atoms with Gasteiger partial charge in [0.2, 0.25) is 5.95 Å². The van der Waals surface area contributed by atoms with Crippen LogP contribution in [0.4, 0.5) is 17.5 Å². The van der Waals surface area contributed by atoms with Gasteiger partial charge in [0.1, 0.15) is 5.69 Å². The van der Waals surface area contributed by atoms with Crippen LogP contribution in [-0.2, 0) is 6.54 Å². The number of carbonyl (C=O) groups excluding carboxylic acids is 1. The Balaban J connectivity index is 1.32. The highest BCUT2D eigenvalue weighted by molar-refractivity contribution is 5.92. The second-order valence-electron chi connectivity index (χ2n) is 6.88. The first-order valence-corrected chi connectivity index (χ1v) is 9.51. The molecule has 4 rings (SSSR count). The summed E-state index contributed by atoms with van der Waals surface area (Å²) >= 11 is 0. The second kappa shape index (κ2) is 8.31. The molecule has 0 aromatic carbocycles. The fourth-order valence-corrected chi connectivity index (χ4v) is 3.41. The summed E-state index contributed by atoms with van der Waals surface area (Å²) in [6, 6.07) is 5.64. The van der Waals surface area contributed by atoms with Gasteiger partial charge in [-0.15, -0.1) is 0 Å². The molecule has 0 aliphatic carbocycles. The first-order valence-electron chi connectivity index (χ1n) is 9.51. The van der Waals surface area contributed by atoms with E-state index in [4.69, 9.17) is 4.52 Å². The molecule has 0 bridgehead atoms. The number of amides is 1. The van der Waals surface area contributed by atoms with Crippen molar-refractivity contribution in [2.45, 2.75) is 13.5 Å². The summed E-state index contributed by atoms with van der Waals surface area (Å²) in [7, 11) is 1.61. The Morgan fingerprint density at radius 3 is 2.79 bits per heavy atom. The van der Waals surface area contributed by atoms with Gasteiger partial charge in [0, 0.05) is 51.7 Å². The van der Waals surface area contributed by atoms with Gasteiger partial charge < -0.3 is 25.0 Å². The fourth-order valence-electron chi connectivity index (χ4n) is 3.41. The van der Waals surface area contributed by atoms with Gasteiger partial charge in [0.15, 0.2) is 11.6 Å². The van der Waals surface area contributed by atoms with Gasteiger partial charge in [-0.3, -0.25) is 9.69 Å². The molecule has 10 nitrogen and oxygen atoms in total. The van der Waals surface area contributed by atoms with E-state index in [0.29, 0.717) is 24.0 Å². The molecule has 1 saturated heterocycles. The monoisotopic (exact) mass is 396 g/mol. The van der Waals surface area contributed by atoms with E-state index in [9.17, 15) is 4.79 Å². The van der Waals surface area contributed by atoms with Crippen molar-refractivity contribution in [2.75, 3.05) is 43.4 Å². The highest BCUT2D eigenvalue weighted by atomic mass is 16.5. The molecule has 3 aromatic rings. The van der Waals surface area contributed by atoms with E-state index < -0.39 is 0 Å². The Hall–Kier alpha value is -3.40. The van der Waals surface area contributed by atoms with E-state index in [1.807, 2.05) is 19.1 Å². The van der Waals surface area contributed by atoms with E-state index in [1.165, 1.54) is 0 Å². The predicted molar refractivity (Wildman–Crippen MR) is 108 cm³/mol. The first kappa shape index (κ1) is 18.9. The number of nitrogens with one attached hydrogen (secondary N) is 3. The Bertz CT molecular complexity index is 961. The van der Waals surface area contributed by atoms with Crippen LogP contribution in [0.25, 0.3) is 0 Å². The summed E-state index contributed by atoms with van der Waals surface area (Å²) in [5, 5.41) is 9.70. The molecule has 1 aliphatic rings. The average molecular weight is 396 g/mol.